The molecule has 2 unspecified atom stereocenters. The number of nitrogens with zero attached hydrogens (tertiary/aromatic N) is 1. The first-order valence-corrected chi connectivity index (χ1v) is 8.04. The van der Waals surface area contributed by atoms with E-state index in [9.17, 15) is 0 Å². The van der Waals surface area contributed by atoms with Gasteiger partial charge in [0.15, 0.2) is 0 Å². The molecule has 1 aromatic heterocycles. The molecular weight excluding hydrogens is 268 g/mol. The smallest absolute Gasteiger partial charge is 0.0705 e. The van der Waals surface area contributed by atoms with E-state index in [0.29, 0.717) is 12.0 Å². The molecule has 1 saturated carbocycles. The fraction of sp³-hybridized carbons (Fsp3) is 0.471. The lowest BCUT2D eigenvalue weighted by molar-refractivity contribution is 0.282. The number of aromatic nitrogens is 1. The topological polar surface area (TPSA) is 24.9 Å². The Labute approximate surface area is 125 Å². The van der Waals surface area contributed by atoms with Gasteiger partial charge in [0.2, 0.25) is 0 Å². The van der Waals surface area contributed by atoms with Crippen LogP contribution in [0.15, 0.2) is 36.5 Å². The molecule has 2 nitrogen and oxygen atoms in total. The molecule has 0 aliphatic heterocycles. The molecular formula is C17H21ClN2. The molecule has 1 fully saturated rings. The minimum atomic E-state index is 0.563. The normalized spacial score (nSPS) is 23.1. The minimum absolute atomic E-state index is 0.563. The van der Waals surface area contributed by atoms with Gasteiger partial charge in [0.25, 0.3) is 0 Å². The Morgan fingerprint density at radius 2 is 2.00 bits per heavy atom. The van der Waals surface area contributed by atoms with Crippen LogP contribution in [0.5, 0.6) is 0 Å². The Hall–Kier alpha value is -1.12. The standard InChI is InChI=1S/C17H21ClN2/c18-11-13-5-1-3-7-16(13)20-12-14-9-10-19-17-8-4-2-6-15(14)17/h2,4,6,8-10,13,16,20H,1,3,5,7,11-12H2. The molecule has 0 bridgehead atoms. The highest BCUT2D eigenvalue weighted by molar-refractivity contribution is 6.18. The van der Waals surface area contributed by atoms with Crippen molar-refractivity contribution in [3.8, 4) is 0 Å². The molecule has 1 aliphatic rings. The second-order valence-electron chi connectivity index (χ2n) is 5.67. The molecule has 2 aromatic rings. The summed E-state index contributed by atoms with van der Waals surface area (Å²) in [4.78, 5) is 4.42. The van der Waals surface area contributed by atoms with Crippen LogP contribution in [0.25, 0.3) is 10.9 Å². The SMILES string of the molecule is ClCC1CCCCC1NCc1ccnc2ccccc12. The van der Waals surface area contributed by atoms with Gasteiger partial charge >= 0.3 is 0 Å². The second-order valence-corrected chi connectivity index (χ2v) is 5.98. The number of hydrogen-bond acceptors (Lipinski definition) is 2. The Kier molecular flexibility index (Phi) is 4.54. The summed E-state index contributed by atoms with van der Waals surface area (Å²) in [6.07, 6.45) is 7.06. The van der Waals surface area contributed by atoms with E-state index < -0.39 is 0 Å². The Morgan fingerprint density at radius 3 is 2.90 bits per heavy atom. The summed E-state index contributed by atoms with van der Waals surface area (Å²) in [7, 11) is 0. The van der Waals surface area contributed by atoms with Gasteiger partial charge in [0, 0.05) is 30.0 Å². The number of nitrogens with one attached hydrogen (secondary N) is 1. The van der Waals surface area contributed by atoms with Crippen molar-refractivity contribution in [3.05, 3.63) is 42.1 Å². The van der Waals surface area contributed by atoms with Gasteiger partial charge in [-0.3, -0.25) is 4.98 Å². The molecule has 0 radical (unpaired) electrons. The molecule has 1 heterocycles. The van der Waals surface area contributed by atoms with Crippen molar-refractivity contribution in [1.82, 2.24) is 10.3 Å². The summed E-state index contributed by atoms with van der Waals surface area (Å²) in [5.74, 6) is 1.40. The van der Waals surface area contributed by atoms with Gasteiger partial charge in [-0.15, -0.1) is 11.6 Å². The van der Waals surface area contributed by atoms with Crippen molar-refractivity contribution in [2.24, 2.45) is 5.92 Å². The molecule has 3 heteroatoms. The lowest BCUT2D eigenvalue weighted by Gasteiger charge is -2.31. The van der Waals surface area contributed by atoms with E-state index in [1.54, 1.807) is 0 Å². The first kappa shape index (κ1) is 13.8. The summed E-state index contributed by atoms with van der Waals surface area (Å²) in [6, 6.07) is 11.0. The van der Waals surface area contributed by atoms with Gasteiger partial charge in [-0.1, -0.05) is 31.0 Å². The van der Waals surface area contributed by atoms with Gasteiger partial charge in [-0.25, -0.2) is 0 Å². The maximum Gasteiger partial charge on any atom is 0.0705 e. The van der Waals surface area contributed by atoms with E-state index >= 15 is 0 Å². The van der Waals surface area contributed by atoms with Crippen molar-refractivity contribution >= 4 is 22.5 Å². The number of rotatable bonds is 4. The van der Waals surface area contributed by atoms with Gasteiger partial charge in [-0.2, -0.15) is 0 Å². The summed E-state index contributed by atoms with van der Waals surface area (Å²) in [6.45, 7) is 0.904. The number of halogens is 1. The van der Waals surface area contributed by atoms with Gasteiger partial charge in [0.05, 0.1) is 5.52 Å². The molecule has 1 N–H and O–H groups in total. The summed E-state index contributed by atoms with van der Waals surface area (Å²) in [5.41, 5.74) is 2.40. The Morgan fingerprint density at radius 1 is 1.15 bits per heavy atom. The third kappa shape index (κ3) is 2.97. The molecule has 20 heavy (non-hydrogen) atoms. The molecule has 1 aliphatic carbocycles. The van der Waals surface area contributed by atoms with Crippen molar-refractivity contribution in [2.75, 3.05) is 5.88 Å². The Bertz CT molecular complexity index is 564. The average molecular weight is 289 g/mol. The van der Waals surface area contributed by atoms with Crippen LogP contribution < -0.4 is 5.32 Å². The van der Waals surface area contributed by atoms with Crippen LogP contribution in [-0.4, -0.2) is 16.9 Å². The third-order valence-electron chi connectivity index (χ3n) is 4.40. The van der Waals surface area contributed by atoms with E-state index in [1.807, 2.05) is 12.3 Å². The average Bonchev–Trinajstić information content (AvgIpc) is 2.53. The van der Waals surface area contributed by atoms with E-state index in [0.717, 1.165) is 17.9 Å². The fourth-order valence-corrected chi connectivity index (χ4v) is 3.58. The second kappa shape index (κ2) is 6.55. The van der Waals surface area contributed by atoms with E-state index in [4.69, 9.17) is 11.6 Å². The van der Waals surface area contributed by atoms with Crippen LogP contribution in [0.4, 0.5) is 0 Å². The van der Waals surface area contributed by atoms with E-state index in [2.05, 4.69) is 34.6 Å². The molecule has 1 aromatic carbocycles. The highest BCUT2D eigenvalue weighted by Crippen LogP contribution is 2.26. The molecule has 3 rings (SSSR count). The van der Waals surface area contributed by atoms with Crippen LogP contribution in [0.2, 0.25) is 0 Å². The number of hydrogen-bond donors (Lipinski definition) is 1. The van der Waals surface area contributed by atoms with Gasteiger partial charge in [0.1, 0.15) is 0 Å². The Balaban J connectivity index is 1.73. The lowest BCUT2D eigenvalue weighted by Crippen LogP contribution is -2.39. The zero-order valence-corrected chi connectivity index (χ0v) is 12.4. The van der Waals surface area contributed by atoms with Crippen LogP contribution in [0.1, 0.15) is 31.2 Å². The summed E-state index contributed by atoms with van der Waals surface area (Å²) in [5, 5.41) is 4.97. The fourth-order valence-electron chi connectivity index (χ4n) is 3.21. The van der Waals surface area contributed by atoms with E-state index in [1.165, 1.54) is 36.6 Å². The van der Waals surface area contributed by atoms with Crippen molar-refractivity contribution in [3.63, 3.8) is 0 Å². The van der Waals surface area contributed by atoms with Crippen LogP contribution in [-0.2, 0) is 6.54 Å². The molecule has 0 saturated heterocycles. The quantitative estimate of drug-likeness (QED) is 0.856. The summed E-state index contributed by atoms with van der Waals surface area (Å²) < 4.78 is 0. The van der Waals surface area contributed by atoms with Crippen LogP contribution in [0.3, 0.4) is 0 Å². The zero-order chi connectivity index (χ0) is 13.8. The number of para-hydroxylation sites is 1. The molecule has 106 valence electrons. The molecule has 0 amide bonds. The highest BCUT2D eigenvalue weighted by Gasteiger charge is 2.23. The minimum Gasteiger partial charge on any atom is -0.310 e. The number of fused-ring (bicyclic) bond motifs is 1. The van der Waals surface area contributed by atoms with E-state index in [-0.39, 0.29) is 0 Å². The highest BCUT2D eigenvalue weighted by atomic mass is 35.5. The molecule has 2 atom stereocenters. The molecule has 0 spiro atoms. The van der Waals surface area contributed by atoms with Gasteiger partial charge in [-0.05, 0) is 36.5 Å². The van der Waals surface area contributed by atoms with Crippen molar-refractivity contribution in [1.29, 1.82) is 0 Å². The summed E-state index contributed by atoms with van der Waals surface area (Å²) >= 11 is 6.10. The van der Waals surface area contributed by atoms with Crippen LogP contribution >= 0.6 is 11.6 Å². The number of pyridine rings is 1. The maximum absolute atomic E-state index is 6.10. The maximum atomic E-state index is 6.10. The van der Waals surface area contributed by atoms with Gasteiger partial charge < -0.3 is 5.32 Å². The third-order valence-corrected chi connectivity index (χ3v) is 4.80. The van der Waals surface area contributed by atoms with Crippen molar-refractivity contribution in [2.45, 2.75) is 38.3 Å². The zero-order valence-electron chi connectivity index (χ0n) is 11.7. The van der Waals surface area contributed by atoms with Crippen molar-refractivity contribution < 1.29 is 0 Å². The lowest BCUT2D eigenvalue weighted by atomic mass is 9.85. The number of benzene rings is 1. The predicted molar refractivity (Wildman–Crippen MR) is 85.0 cm³/mol. The van der Waals surface area contributed by atoms with Crippen LogP contribution in [0, 0.1) is 5.92 Å². The monoisotopic (exact) mass is 288 g/mol. The number of alkyl halides is 1. The first-order valence-electron chi connectivity index (χ1n) is 7.50. The first-order chi connectivity index (χ1) is 9.88. The predicted octanol–water partition coefficient (Wildman–Crippen LogP) is 4.12. The largest absolute Gasteiger partial charge is 0.310 e.